The predicted octanol–water partition coefficient (Wildman–Crippen LogP) is 4.07. The van der Waals surface area contributed by atoms with Crippen LogP contribution in [0.4, 0.5) is 4.39 Å². The van der Waals surface area contributed by atoms with Crippen LogP contribution in [0.15, 0.2) is 72.8 Å². The molecule has 1 unspecified atom stereocenters. The van der Waals surface area contributed by atoms with Gasteiger partial charge in [-0.25, -0.2) is 4.39 Å². The molecule has 1 aromatic heterocycles. The van der Waals surface area contributed by atoms with Gasteiger partial charge in [0.15, 0.2) is 0 Å². The van der Waals surface area contributed by atoms with Crippen LogP contribution < -0.4 is 0 Å². The van der Waals surface area contributed by atoms with E-state index in [0.717, 1.165) is 40.7 Å². The molecule has 2 N–H and O–H groups in total. The summed E-state index contributed by atoms with van der Waals surface area (Å²) in [6.07, 6.45) is 1.56. The van der Waals surface area contributed by atoms with Gasteiger partial charge in [0.1, 0.15) is 5.82 Å². The average Bonchev–Trinajstić information content (AvgIpc) is 3.30. The first-order valence-electron chi connectivity index (χ1n) is 9.48. The molecule has 29 heavy (non-hydrogen) atoms. The average molecular weight is 388 g/mol. The quantitative estimate of drug-likeness (QED) is 0.501. The van der Waals surface area contributed by atoms with E-state index in [4.69, 9.17) is 0 Å². The number of aliphatic hydroxyl groups excluding tert-OH is 1. The van der Waals surface area contributed by atoms with Crippen LogP contribution in [0.3, 0.4) is 0 Å². The highest BCUT2D eigenvalue weighted by Gasteiger charge is 2.15. The smallest absolute Gasteiger partial charge is 0.204 e. The first-order chi connectivity index (χ1) is 14.2. The highest BCUT2D eigenvalue weighted by molar-refractivity contribution is 5.55. The molecule has 0 aliphatic heterocycles. The third-order valence-electron chi connectivity index (χ3n) is 5.01. The van der Waals surface area contributed by atoms with E-state index in [-0.39, 0.29) is 18.3 Å². The topological polar surface area (TPSA) is 74.7 Å². The molecule has 4 rings (SSSR count). The number of H-pyrrole nitrogens is 1. The van der Waals surface area contributed by atoms with Gasteiger partial charge in [-0.1, -0.05) is 54.6 Å². The third-order valence-corrected chi connectivity index (χ3v) is 5.01. The van der Waals surface area contributed by atoms with Crippen LogP contribution in [0.2, 0.25) is 0 Å². The van der Waals surface area contributed by atoms with E-state index >= 15 is 0 Å². The van der Waals surface area contributed by atoms with Crippen LogP contribution in [-0.2, 0) is 19.4 Å². The Kier molecular flexibility index (Phi) is 5.72. The van der Waals surface area contributed by atoms with Crippen LogP contribution >= 0.6 is 0 Å². The van der Waals surface area contributed by atoms with Crippen LogP contribution in [0.5, 0.6) is 0 Å². The van der Waals surface area contributed by atoms with E-state index < -0.39 is 0 Å². The molecular weight excluding hydrogens is 367 g/mol. The summed E-state index contributed by atoms with van der Waals surface area (Å²) in [4.78, 5) is 0. The molecule has 0 fully saturated rings. The van der Waals surface area contributed by atoms with Crippen molar-refractivity contribution in [2.75, 3.05) is 0 Å². The minimum Gasteiger partial charge on any atom is -0.392 e. The van der Waals surface area contributed by atoms with E-state index in [1.807, 2.05) is 42.5 Å². The van der Waals surface area contributed by atoms with Gasteiger partial charge in [0, 0.05) is 5.56 Å². The number of rotatable bonds is 7. The number of aromatic amines is 1. The monoisotopic (exact) mass is 388 g/mol. The zero-order chi connectivity index (χ0) is 20.1. The minimum atomic E-state index is -0.236. The number of nitrogens with one attached hydrogen (secondary N) is 1. The molecule has 0 saturated heterocycles. The lowest BCUT2D eigenvalue weighted by Gasteiger charge is -2.19. The van der Waals surface area contributed by atoms with Gasteiger partial charge in [-0.05, 0) is 64.4 Å². The molecule has 0 saturated carbocycles. The third kappa shape index (κ3) is 4.73. The molecule has 5 nitrogen and oxygen atoms in total. The summed E-state index contributed by atoms with van der Waals surface area (Å²) >= 11 is 0. The van der Waals surface area contributed by atoms with Crippen molar-refractivity contribution in [1.82, 2.24) is 20.6 Å². The number of benzene rings is 3. The summed E-state index contributed by atoms with van der Waals surface area (Å²) in [6, 6.07) is 22.7. The van der Waals surface area contributed by atoms with E-state index in [1.165, 1.54) is 12.1 Å². The number of tetrazole rings is 1. The second-order valence-electron chi connectivity index (χ2n) is 7.07. The van der Waals surface area contributed by atoms with Crippen molar-refractivity contribution in [1.29, 1.82) is 0 Å². The molecule has 0 aliphatic rings. The lowest BCUT2D eigenvalue weighted by molar-refractivity contribution is 0.281. The van der Waals surface area contributed by atoms with Crippen molar-refractivity contribution in [3.8, 4) is 11.4 Å². The van der Waals surface area contributed by atoms with Gasteiger partial charge in [0.05, 0.1) is 6.61 Å². The summed E-state index contributed by atoms with van der Waals surface area (Å²) < 4.78 is 13.3. The van der Waals surface area contributed by atoms with E-state index in [9.17, 15) is 9.50 Å². The fourth-order valence-corrected chi connectivity index (χ4v) is 3.56. The summed E-state index contributed by atoms with van der Waals surface area (Å²) in [5, 5.41) is 23.7. The first-order valence-corrected chi connectivity index (χ1v) is 9.48. The molecule has 0 radical (unpaired) electrons. The zero-order valence-electron chi connectivity index (χ0n) is 15.8. The predicted molar refractivity (Wildman–Crippen MR) is 109 cm³/mol. The van der Waals surface area contributed by atoms with Crippen molar-refractivity contribution < 1.29 is 9.50 Å². The normalized spacial score (nSPS) is 12.1. The van der Waals surface area contributed by atoms with E-state index in [1.54, 1.807) is 0 Å². The van der Waals surface area contributed by atoms with Gasteiger partial charge in [-0.15, -0.1) is 10.2 Å². The maximum absolute atomic E-state index is 13.3. The number of nitrogens with zero attached hydrogens (tertiary/aromatic N) is 3. The molecule has 6 heteroatoms. The number of hydrogen-bond donors (Lipinski definition) is 2. The lowest BCUT2D eigenvalue weighted by atomic mass is 9.85. The molecule has 0 aliphatic carbocycles. The van der Waals surface area contributed by atoms with Crippen LogP contribution in [0, 0.1) is 5.82 Å². The van der Waals surface area contributed by atoms with E-state index in [2.05, 4.69) is 38.8 Å². The van der Waals surface area contributed by atoms with Crippen LogP contribution in [0.1, 0.15) is 28.2 Å². The number of aromatic nitrogens is 4. The molecule has 4 aromatic rings. The second kappa shape index (κ2) is 8.75. The van der Waals surface area contributed by atoms with Gasteiger partial charge in [0.2, 0.25) is 5.82 Å². The number of halogens is 1. The van der Waals surface area contributed by atoms with Crippen LogP contribution in [-0.4, -0.2) is 25.7 Å². The van der Waals surface area contributed by atoms with Crippen LogP contribution in [0.25, 0.3) is 11.4 Å². The first kappa shape index (κ1) is 19.0. The zero-order valence-corrected chi connectivity index (χ0v) is 15.8. The number of aliphatic hydroxyl groups is 1. The van der Waals surface area contributed by atoms with Crippen molar-refractivity contribution in [3.63, 3.8) is 0 Å². The van der Waals surface area contributed by atoms with Crippen molar-refractivity contribution in [2.24, 2.45) is 0 Å². The molecule has 0 amide bonds. The summed E-state index contributed by atoms with van der Waals surface area (Å²) in [5.41, 5.74) is 5.15. The Morgan fingerprint density at radius 2 is 1.62 bits per heavy atom. The van der Waals surface area contributed by atoms with Gasteiger partial charge < -0.3 is 5.11 Å². The Hall–Kier alpha value is -3.38. The Bertz CT molecular complexity index is 1060. The fraction of sp³-hybridized carbons (Fsp3) is 0.174. The van der Waals surface area contributed by atoms with Crippen molar-refractivity contribution >= 4 is 0 Å². The highest BCUT2D eigenvalue weighted by atomic mass is 19.1. The summed E-state index contributed by atoms with van der Waals surface area (Å²) in [5.74, 6) is 0.497. The molecular formula is C23H21FN4O. The Balaban J connectivity index is 1.64. The maximum atomic E-state index is 13.3. The SMILES string of the molecule is OCc1cccc(C(Cc2ccc(F)cc2)Cc2cccc(-c3nn[nH]n3)c2)c1. The molecule has 146 valence electrons. The molecule has 1 atom stereocenters. The molecule has 0 bridgehead atoms. The standard InChI is InChI=1S/C23H21FN4O/c24-22-9-7-16(8-10-22)11-21(19-5-2-4-18(14-19)15-29)13-17-3-1-6-20(12-17)23-25-27-28-26-23/h1-10,12,14,21,29H,11,13,15H2,(H,25,26,27,28). The fourth-order valence-electron chi connectivity index (χ4n) is 3.56. The van der Waals surface area contributed by atoms with Gasteiger partial charge in [-0.3, -0.25) is 0 Å². The largest absolute Gasteiger partial charge is 0.392 e. The minimum absolute atomic E-state index is 0.00439. The molecule has 0 spiro atoms. The molecule has 3 aromatic carbocycles. The van der Waals surface area contributed by atoms with Crippen molar-refractivity contribution in [3.05, 3.63) is 101 Å². The Morgan fingerprint density at radius 1 is 0.862 bits per heavy atom. The second-order valence-corrected chi connectivity index (χ2v) is 7.07. The molecule has 1 heterocycles. The summed E-state index contributed by atoms with van der Waals surface area (Å²) in [7, 11) is 0. The van der Waals surface area contributed by atoms with Gasteiger partial charge >= 0.3 is 0 Å². The Morgan fingerprint density at radius 3 is 2.38 bits per heavy atom. The van der Waals surface area contributed by atoms with E-state index in [0.29, 0.717) is 5.82 Å². The van der Waals surface area contributed by atoms with Gasteiger partial charge in [-0.2, -0.15) is 5.21 Å². The van der Waals surface area contributed by atoms with Gasteiger partial charge in [0.25, 0.3) is 0 Å². The number of hydrogen-bond acceptors (Lipinski definition) is 4. The lowest BCUT2D eigenvalue weighted by Crippen LogP contribution is -2.08. The highest BCUT2D eigenvalue weighted by Crippen LogP contribution is 2.28. The van der Waals surface area contributed by atoms with Crippen molar-refractivity contribution in [2.45, 2.75) is 25.4 Å². The maximum Gasteiger partial charge on any atom is 0.204 e. The summed E-state index contributed by atoms with van der Waals surface area (Å²) in [6.45, 7) is 0.00439. The Labute approximate surface area is 168 Å².